The highest BCUT2D eigenvalue weighted by atomic mass is 16.4. The van der Waals surface area contributed by atoms with Gasteiger partial charge in [-0.3, -0.25) is 28.9 Å². The van der Waals surface area contributed by atoms with Gasteiger partial charge < -0.3 is 15.5 Å². The smallest absolute Gasteiger partial charge is 0.326 e. The van der Waals surface area contributed by atoms with Crippen LogP contribution in [0.5, 0.6) is 0 Å². The van der Waals surface area contributed by atoms with Crippen LogP contribution >= 0.6 is 0 Å². The number of rotatable bonds is 28. The van der Waals surface area contributed by atoms with Gasteiger partial charge in [-0.25, -0.2) is 4.79 Å². The van der Waals surface area contributed by atoms with E-state index >= 15 is 0 Å². The van der Waals surface area contributed by atoms with Crippen molar-refractivity contribution in [3.05, 3.63) is 12.2 Å². The summed E-state index contributed by atoms with van der Waals surface area (Å²) >= 11 is 0. The number of nitrogens with zero attached hydrogens (tertiary/aromatic N) is 1. The summed E-state index contributed by atoms with van der Waals surface area (Å²) in [5, 5.41) is 20.6. The van der Waals surface area contributed by atoms with Crippen LogP contribution in [0.25, 0.3) is 0 Å². The van der Waals surface area contributed by atoms with Gasteiger partial charge in [0, 0.05) is 44.4 Å². The highest BCUT2D eigenvalue weighted by molar-refractivity contribution is 6.12. The van der Waals surface area contributed by atoms with Gasteiger partial charge in [-0.05, 0) is 32.1 Å². The quantitative estimate of drug-likeness (QED) is 0.0769. The van der Waals surface area contributed by atoms with E-state index in [-0.39, 0.29) is 49.2 Å². The van der Waals surface area contributed by atoms with Crippen molar-refractivity contribution < 1.29 is 39.0 Å². The Morgan fingerprint density at radius 1 is 0.595 bits per heavy atom. The van der Waals surface area contributed by atoms with Gasteiger partial charge in [0.15, 0.2) is 0 Å². The fraction of sp³-hybridized carbons (Fsp3) is 0.750. The number of hydrogen-bond acceptors (Lipinski definition) is 6. The number of carbonyl (C=O) groups excluding carboxylic acids is 4. The second kappa shape index (κ2) is 23.5. The number of imide groups is 1. The predicted molar refractivity (Wildman–Crippen MR) is 160 cm³/mol. The van der Waals surface area contributed by atoms with Crippen molar-refractivity contribution >= 4 is 35.4 Å². The molecular weight excluding hydrogens is 540 g/mol. The Bertz CT molecular complexity index is 868. The molecule has 3 N–H and O–H groups in total. The largest absolute Gasteiger partial charge is 0.481 e. The van der Waals surface area contributed by atoms with Gasteiger partial charge in [0.05, 0.1) is 0 Å². The zero-order valence-electron chi connectivity index (χ0n) is 25.3. The molecule has 0 aromatic heterocycles. The van der Waals surface area contributed by atoms with Gasteiger partial charge in [0.1, 0.15) is 11.8 Å². The molecule has 0 saturated heterocycles. The summed E-state index contributed by atoms with van der Waals surface area (Å²) in [6, 6.07) is -1.07. The van der Waals surface area contributed by atoms with Gasteiger partial charge in [0.25, 0.3) is 11.8 Å². The van der Waals surface area contributed by atoms with Crippen molar-refractivity contribution in [1.82, 2.24) is 10.2 Å². The van der Waals surface area contributed by atoms with Crippen LogP contribution in [0.15, 0.2) is 12.2 Å². The minimum atomic E-state index is -1.14. The van der Waals surface area contributed by atoms with E-state index in [1.807, 2.05) is 0 Å². The number of hydrogen-bond donors (Lipinski definition) is 3. The lowest BCUT2D eigenvalue weighted by Gasteiger charge is -2.14. The maximum absolute atomic E-state index is 12.2. The third-order valence-corrected chi connectivity index (χ3v) is 7.63. The summed E-state index contributed by atoms with van der Waals surface area (Å²) in [4.78, 5) is 70.6. The standard InChI is InChI=1S/C32H52N2O8/c35-26(18-14-13-17-25-34-29(37)23-24-30(34)38)21-22-27(32(41)42)33-28(36)19-15-11-9-7-5-3-1-2-4-6-8-10-12-16-20-31(39)40/h23-24,27H,1-22,25H2,(H,33,36)(H,39,40)(H,41,42). The minimum Gasteiger partial charge on any atom is -0.481 e. The van der Waals surface area contributed by atoms with Crippen LogP contribution in [0.4, 0.5) is 0 Å². The number of carboxylic acids is 2. The van der Waals surface area contributed by atoms with E-state index in [1.54, 1.807) is 0 Å². The van der Waals surface area contributed by atoms with Crippen LogP contribution in [0, 0.1) is 0 Å². The third-order valence-electron chi connectivity index (χ3n) is 7.63. The summed E-state index contributed by atoms with van der Waals surface area (Å²) < 4.78 is 0. The molecule has 0 radical (unpaired) electrons. The summed E-state index contributed by atoms with van der Waals surface area (Å²) in [5.74, 6) is -2.83. The van der Waals surface area contributed by atoms with Crippen LogP contribution in [0.3, 0.4) is 0 Å². The monoisotopic (exact) mass is 592 g/mol. The SMILES string of the molecule is O=C(O)CCCCCCCCCCCCCCCCC(=O)NC(CCC(=O)CCCCCN1C(=O)C=CC1=O)C(=O)O. The molecule has 0 aromatic rings. The van der Waals surface area contributed by atoms with Crippen LogP contribution in [-0.2, 0) is 28.8 Å². The maximum Gasteiger partial charge on any atom is 0.326 e. The Balaban J connectivity index is 1.97. The average molecular weight is 593 g/mol. The van der Waals surface area contributed by atoms with Crippen molar-refractivity contribution in [2.45, 2.75) is 147 Å². The van der Waals surface area contributed by atoms with Gasteiger partial charge in [-0.2, -0.15) is 0 Å². The van der Waals surface area contributed by atoms with E-state index in [0.29, 0.717) is 38.6 Å². The second-order valence-electron chi connectivity index (χ2n) is 11.4. The highest BCUT2D eigenvalue weighted by Crippen LogP contribution is 2.14. The summed E-state index contributed by atoms with van der Waals surface area (Å²) in [5.41, 5.74) is 0. The number of Topliss-reactive ketones (excluding diaryl/α,β-unsaturated/α-hetero) is 1. The zero-order chi connectivity index (χ0) is 31.0. The number of amides is 3. The molecule has 0 spiro atoms. The Kier molecular flexibility index (Phi) is 20.7. The first kappa shape index (κ1) is 37.0. The molecule has 0 aromatic carbocycles. The lowest BCUT2D eigenvalue weighted by molar-refractivity contribution is -0.142. The first-order valence-electron chi connectivity index (χ1n) is 16.0. The van der Waals surface area contributed by atoms with E-state index in [9.17, 15) is 33.9 Å². The van der Waals surface area contributed by atoms with Crippen molar-refractivity contribution in [2.75, 3.05) is 6.54 Å². The molecule has 0 bridgehead atoms. The Hall–Kier alpha value is -3.04. The Morgan fingerprint density at radius 3 is 1.50 bits per heavy atom. The number of carbonyl (C=O) groups is 6. The second-order valence-corrected chi connectivity index (χ2v) is 11.4. The Labute approximate surface area is 250 Å². The molecule has 1 aliphatic heterocycles. The third kappa shape index (κ3) is 19.1. The molecule has 0 aliphatic carbocycles. The molecule has 3 amide bonds. The van der Waals surface area contributed by atoms with Crippen LogP contribution in [-0.4, -0.2) is 63.1 Å². The summed E-state index contributed by atoms with van der Waals surface area (Å²) in [6.45, 7) is 0.327. The molecule has 1 heterocycles. The minimum absolute atomic E-state index is 0.0598. The summed E-state index contributed by atoms with van der Waals surface area (Å²) in [6.07, 6.45) is 20.7. The molecule has 1 atom stereocenters. The molecule has 1 rings (SSSR count). The van der Waals surface area contributed by atoms with Gasteiger partial charge >= 0.3 is 11.9 Å². The van der Waals surface area contributed by atoms with Crippen LogP contribution < -0.4 is 5.32 Å². The molecule has 10 nitrogen and oxygen atoms in total. The maximum atomic E-state index is 12.2. The van der Waals surface area contributed by atoms with Crippen molar-refractivity contribution in [3.63, 3.8) is 0 Å². The van der Waals surface area contributed by atoms with Crippen molar-refractivity contribution in [2.24, 2.45) is 0 Å². The van der Waals surface area contributed by atoms with E-state index in [2.05, 4.69) is 5.32 Å². The number of nitrogens with one attached hydrogen (secondary N) is 1. The Morgan fingerprint density at radius 2 is 1.02 bits per heavy atom. The number of aliphatic carboxylic acids is 2. The molecular formula is C32H52N2O8. The van der Waals surface area contributed by atoms with Crippen LogP contribution in [0.2, 0.25) is 0 Å². The van der Waals surface area contributed by atoms with Crippen molar-refractivity contribution in [1.29, 1.82) is 0 Å². The van der Waals surface area contributed by atoms with E-state index < -0.39 is 18.0 Å². The molecule has 1 aliphatic rings. The highest BCUT2D eigenvalue weighted by Gasteiger charge is 2.23. The number of ketones is 1. The molecule has 1 unspecified atom stereocenters. The molecule has 0 fully saturated rings. The lowest BCUT2D eigenvalue weighted by atomic mass is 10.0. The van der Waals surface area contributed by atoms with Crippen LogP contribution in [0.1, 0.15) is 141 Å². The predicted octanol–water partition coefficient (Wildman–Crippen LogP) is 5.72. The lowest BCUT2D eigenvalue weighted by Crippen LogP contribution is -2.41. The van der Waals surface area contributed by atoms with Crippen molar-refractivity contribution in [3.8, 4) is 0 Å². The van der Waals surface area contributed by atoms with E-state index in [1.165, 1.54) is 62.0 Å². The summed E-state index contributed by atoms with van der Waals surface area (Å²) in [7, 11) is 0. The number of unbranched alkanes of at least 4 members (excludes halogenated alkanes) is 15. The molecule has 238 valence electrons. The molecule has 0 saturated carbocycles. The van der Waals surface area contributed by atoms with Gasteiger partial charge in [0.2, 0.25) is 5.91 Å². The fourth-order valence-corrected chi connectivity index (χ4v) is 5.06. The molecule has 10 heteroatoms. The average Bonchev–Trinajstić information content (AvgIpc) is 3.26. The first-order valence-corrected chi connectivity index (χ1v) is 16.0. The van der Waals surface area contributed by atoms with Gasteiger partial charge in [-0.1, -0.05) is 83.5 Å². The zero-order valence-corrected chi connectivity index (χ0v) is 25.3. The first-order chi connectivity index (χ1) is 20.2. The topological polar surface area (TPSA) is 158 Å². The molecule has 42 heavy (non-hydrogen) atoms. The van der Waals surface area contributed by atoms with Gasteiger partial charge in [-0.15, -0.1) is 0 Å². The number of carboxylic acid groups (broad SMARTS) is 2. The van der Waals surface area contributed by atoms with E-state index in [4.69, 9.17) is 5.11 Å². The fourth-order valence-electron chi connectivity index (χ4n) is 5.06. The normalized spacial score (nSPS) is 13.5. The van der Waals surface area contributed by atoms with E-state index in [0.717, 1.165) is 38.5 Å².